The van der Waals surface area contributed by atoms with Crippen LogP contribution in [0.4, 0.5) is 0 Å². The first-order valence-electron chi connectivity index (χ1n) is 6.53. The highest BCUT2D eigenvalue weighted by Gasteiger charge is 2.20. The molecule has 0 saturated heterocycles. The average molecular weight is 227 g/mol. The molecule has 1 aliphatic rings. The number of nitrogens with one attached hydrogen (secondary N) is 1. The zero-order valence-electron chi connectivity index (χ0n) is 10.8. The fourth-order valence-electron chi connectivity index (χ4n) is 2.18. The fourth-order valence-corrected chi connectivity index (χ4v) is 2.18. The molecule has 1 N–H and O–H groups in total. The zero-order valence-corrected chi connectivity index (χ0v) is 10.8. The van der Waals surface area contributed by atoms with Gasteiger partial charge in [0.15, 0.2) is 0 Å². The minimum Gasteiger partial charge on any atom is -0.466 e. The Morgan fingerprint density at radius 2 is 2.00 bits per heavy atom. The van der Waals surface area contributed by atoms with Crippen LogP contribution in [0.25, 0.3) is 0 Å². The van der Waals surface area contributed by atoms with E-state index in [0.29, 0.717) is 12.6 Å². The number of ether oxygens (including phenoxy) is 1. The highest BCUT2D eigenvalue weighted by molar-refractivity contribution is 5.72. The van der Waals surface area contributed by atoms with Crippen LogP contribution in [0.2, 0.25) is 0 Å². The minimum absolute atomic E-state index is 0.0284. The monoisotopic (exact) mass is 227 g/mol. The predicted octanol–water partition coefficient (Wildman–Crippen LogP) is 2.35. The Labute approximate surface area is 98.9 Å². The molecule has 94 valence electrons. The molecule has 1 unspecified atom stereocenters. The number of hydrogen-bond acceptors (Lipinski definition) is 3. The largest absolute Gasteiger partial charge is 0.466 e. The van der Waals surface area contributed by atoms with Crippen molar-refractivity contribution in [2.45, 2.75) is 52.5 Å². The van der Waals surface area contributed by atoms with Crippen molar-refractivity contribution in [3.8, 4) is 0 Å². The Hall–Kier alpha value is -0.570. The van der Waals surface area contributed by atoms with Crippen LogP contribution < -0.4 is 5.32 Å². The number of carbonyl (C=O) groups excluding carboxylic acids is 1. The third kappa shape index (κ3) is 4.52. The van der Waals surface area contributed by atoms with Gasteiger partial charge in [-0.25, -0.2) is 0 Å². The maximum Gasteiger partial charge on any atom is 0.309 e. The van der Waals surface area contributed by atoms with Gasteiger partial charge in [-0.2, -0.15) is 0 Å². The van der Waals surface area contributed by atoms with Crippen LogP contribution in [-0.2, 0) is 9.53 Å². The third-order valence-corrected chi connectivity index (χ3v) is 3.42. The molecule has 0 radical (unpaired) electrons. The van der Waals surface area contributed by atoms with Crippen molar-refractivity contribution >= 4 is 5.97 Å². The summed E-state index contributed by atoms with van der Waals surface area (Å²) < 4.78 is 4.98. The van der Waals surface area contributed by atoms with Crippen molar-refractivity contribution in [3.05, 3.63) is 0 Å². The van der Waals surface area contributed by atoms with Crippen LogP contribution in [0.1, 0.15) is 46.5 Å². The van der Waals surface area contributed by atoms with Crippen molar-refractivity contribution in [2.75, 3.05) is 13.2 Å². The smallest absolute Gasteiger partial charge is 0.309 e. The quantitative estimate of drug-likeness (QED) is 0.733. The van der Waals surface area contributed by atoms with Crippen LogP contribution >= 0.6 is 0 Å². The summed E-state index contributed by atoms with van der Waals surface area (Å²) >= 11 is 0. The Morgan fingerprint density at radius 3 is 2.56 bits per heavy atom. The van der Waals surface area contributed by atoms with Gasteiger partial charge in [0.1, 0.15) is 0 Å². The van der Waals surface area contributed by atoms with Gasteiger partial charge < -0.3 is 10.1 Å². The third-order valence-electron chi connectivity index (χ3n) is 3.42. The molecular weight excluding hydrogens is 202 g/mol. The Bertz CT molecular complexity index is 210. The molecule has 0 bridgehead atoms. The lowest BCUT2D eigenvalue weighted by molar-refractivity contribution is -0.147. The summed E-state index contributed by atoms with van der Waals surface area (Å²) in [6, 6.07) is 0.605. The standard InChI is InChI=1S/C13H25NO2/c1-4-16-13(15)11(3)9-14-12-7-5-10(2)6-8-12/h10-12,14H,4-9H2,1-3H3. The summed E-state index contributed by atoms with van der Waals surface area (Å²) in [5.74, 6) is 0.763. The van der Waals surface area contributed by atoms with Crippen LogP contribution in [0, 0.1) is 11.8 Å². The molecule has 0 aromatic heterocycles. The summed E-state index contributed by atoms with van der Waals surface area (Å²) in [5, 5.41) is 3.48. The van der Waals surface area contributed by atoms with Gasteiger partial charge in [0.25, 0.3) is 0 Å². The molecular formula is C13H25NO2. The summed E-state index contributed by atoms with van der Waals surface area (Å²) in [6.07, 6.45) is 5.12. The average Bonchev–Trinajstić information content (AvgIpc) is 2.28. The highest BCUT2D eigenvalue weighted by Crippen LogP contribution is 2.23. The van der Waals surface area contributed by atoms with Crippen molar-refractivity contribution in [2.24, 2.45) is 11.8 Å². The van der Waals surface area contributed by atoms with E-state index >= 15 is 0 Å². The van der Waals surface area contributed by atoms with Crippen LogP contribution in [0.15, 0.2) is 0 Å². The van der Waals surface area contributed by atoms with Gasteiger partial charge in [-0.3, -0.25) is 4.79 Å². The van der Waals surface area contributed by atoms with Gasteiger partial charge in [-0.05, 0) is 38.5 Å². The molecule has 3 heteroatoms. The van der Waals surface area contributed by atoms with Crippen molar-refractivity contribution < 1.29 is 9.53 Å². The van der Waals surface area contributed by atoms with Crippen LogP contribution in [0.3, 0.4) is 0 Å². The summed E-state index contributed by atoms with van der Waals surface area (Å²) in [4.78, 5) is 11.4. The van der Waals surface area contributed by atoms with E-state index in [1.807, 2.05) is 13.8 Å². The highest BCUT2D eigenvalue weighted by atomic mass is 16.5. The Balaban J connectivity index is 2.16. The lowest BCUT2D eigenvalue weighted by atomic mass is 9.87. The zero-order chi connectivity index (χ0) is 12.0. The second-order valence-electron chi connectivity index (χ2n) is 5.02. The van der Waals surface area contributed by atoms with Crippen LogP contribution in [-0.4, -0.2) is 25.2 Å². The second kappa shape index (κ2) is 6.89. The van der Waals surface area contributed by atoms with E-state index in [4.69, 9.17) is 4.74 Å². The molecule has 1 rings (SSSR count). The van der Waals surface area contributed by atoms with E-state index in [0.717, 1.165) is 12.5 Å². The van der Waals surface area contributed by atoms with Crippen molar-refractivity contribution in [1.29, 1.82) is 0 Å². The molecule has 1 saturated carbocycles. The van der Waals surface area contributed by atoms with Gasteiger partial charge in [0.2, 0.25) is 0 Å². The lowest BCUT2D eigenvalue weighted by Crippen LogP contribution is -2.37. The van der Waals surface area contributed by atoms with E-state index in [1.54, 1.807) is 0 Å². The van der Waals surface area contributed by atoms with Gasteiger partial charge in [-0.1, -0.05) is 13.8 Å². The summed E-state index contributed by atoms with van der Waals surface area (Å²) in [5.41, 5.74) is 0. The fraction of sp³-hybridized carbons (Fsp3) is 0.923. The van der Waals surface area contributed by atoms with Crippen molar-refractivity contribution in [1.82, 2.24) is 5.32 Å². The normalized spacial score (nSPS) is 27.4. The maximum absolute atomic E-state index is 11.4. The molecule has 0 aliphatic heterocycles. The first-order chi connectivity index (χ1) is 7.63. The van der Waals surface area contributed by atoms with E-state index in [9.17, 15) is 4.79 Å². The topological polar surface area (TPSA) is 38.3 Å². The van der Waals surface area contributed by atoms with Crippen molar-refractivity contribution in [3.63, 3.8) is 0 Å². The Morgan fingerprint density at radius 1 is 1.38 bits per heavy atom. The molecule has 0 aromatic rings. The van der Waals surface area contributed by atoms with E-state index in [2.05, 4.69) is 12.2 Å². The van der Waals surface area contributed by atoms with Gasteiger partial charge in [0.05, 0.1) is 12.5 Å². The number of hydrogen-bond donors (Lipinski definition) is 1. The van der Waals surface area contributed by atoms with E-state index in [-0.39, 0.29) is 11.9 Å². The predicted molar refractivity (Wildman–Crippen MR) is 65.2 cm³/mol. The Kier molecular flexibility index (Phi) is 5.81. The molecule has 1 aliphatic carbocycles. The van der Waals surface area contributed by atoms with Crippen LogP contribution in [0.5, 0.6) is 0 Å². The first-order valence-corrected chi connectivity index (χ1v) is 6.53. The molecule has 16 heavy (non-hydrogen) atoms. The van der Waals surface area contributed by atoms with Gasteiger partial charge in [-0.15, -0.1) is 0 Å². The number of carbonyl (C=O) groups is 1. The molecule has 0 heterocycles. The summed E-state index contributed by atoms with van der Waals surface area (Å²) in [7, 11) is 0. The van der Waals surface area contributed by atoms with E-state index in [1.165, 1.54) is 25.7 Å². The number of rotatable bonds is 5. The van der Waals surface area contributed by atoms with E-state index < -0.39 is 0 Å². The molecule has 3 nitrogen and oxygen atoms in total. The summed E-state index contributed by atoms with van der Waals surface area (Å²) in [6.45, 7) is 7.32. The lowest BCUT2D eigenvalue weighted by Gasteiger charge is -2.27. The van der Waals surface area contributed by atoms with Gasteiger partial charge >= 0.3 is 5.97 Å². The maximum atomic E-state index is 11.4. The number of esters is 1. The second-order valence-corrected chi connectivity index (χ2v) is 5.02. The molecule has 1 fully saturated rings. The molecule has 0 aromatic carbocycles. The first kappa shape index (κ1) is 13.5. The molecule has 0 spiro atoms. The van der Waals surface area contributed by atoms with Gasteiger partial charge in [0, 0.05) is 12.6 Å². The molecule has 0 amide bonds. The SMILES string of the molecule is CCOC(=O)C(C)CNC1CCC(C)CC1. The molecule has 1 atom stereocenters. The minimum atomic E-state index is -0.0841.